The Kier molecular flexibility index (Phi) is 3.86. The molecule has 4 rings (SSSR count). The molecular formula is C19H17N3OS. The number of thioether (sulfide) groups is 1. The summed E-state index contributed by atoms with van der Waals surface area (Å²) in [5, 5.41) is 1.76. The summed E-state index contributed by atoms with van der Waals surface area (Å²) in [4.78, 5) is 20.9. The van der Waals surface area contributed by atoms with Crippen LogP contribution in [0.3, 0.4) is 0 Å². The largest absolute Gasteiger partial charge is 0.349 e. The van der Waals surface area contributed by atoms with Crippen LogP contribution in [-0.2, 0) is 12.3 Å². The van der Waals surface area contributed by atoms with E-state index in [1.54, 1.807) is 16.3 Å². The standard InChI is InChI=1S/C19H17N3OS/c1-2-22-18(23)17-16(14-10-6-7-11-15(14)20-17)21-19(22)24-12-13-8-4-3-5-9-13/h3-11,20H,2,12H2,1H3. The lowest BCUT2D eigenvalue weighted by atomic mass is 10.2. The Labute approximate surface area is 143 Å². The van der Waals surface area contributed by atoms with Crippen molar-refractivity contribution in [3.63, 3.8) is 0 Å². The minimum absolute atomic E-state index is 0.00531. The number of rotatable bonds is 4. The molecular weight excluding hydrogens is 318 g/mol. The third kappa shape index (κ3) is 2.51. The minimum Gasteiger partial charge on any atom is -0.349 e. The van der Waals surface area contributed by atoms with Gasteiger partial charge in [-0.25, -0.2) is 4.98 Å². The van der Waals surface area contributed by atoms with Crippen LogP contribution >= 0.6 is 11.8 Å². The molecule has 0 radical (unpaired) electrons. The van der Waals surface area contributed by atoms with E-state index in [-0.39, 0.29) is 5.56 Å². The van der Waals surface area contributed by atoms with Crippen molar-refractivity contribution in [3.8, 4) is 0 Å². The number of benzene rings is 2. The van der Waals surface area contributed by atoms with E-state index in [0.717, 1.165) is 27.3 Å². The summed E-state index contributed by atoms with van der Waals surface area (Å²) >= 11 is 1.60. The number of hydrogen-bond donors (Lipinski definition) is 1. The molecule has 2 heterocycles. The Morgan fingerprint density at radius 1 is 1.08 bits per heavy atom. The molecule has 0 unspecified atom stereocenters. The van der Waals surface area contributed by atoms with Gasteiger partial charge in [-0.2, -0.15) is 0 Å². The molecule has 5 heteroatoms. The number of nitrogens with one attached hydrogen (secondary N) is 1. The molecule has 0 atom stereocenters. The molecule has 0 amide bonds. The molecule has 0 bridgehead atoms. The van der Waals surface area contributed by atoms with Crippen LogP contribution in [-0.4, -0.2) is 14.5 Å². The smallest absolute Gasteiger partial charge is 0.278 e. The molecule has 24 heavy (non-hydrogen) atoms. The Bertz CT molecular complexity index is 1070. The summed E-state index contributed by atoms with van der Waals surface area (Å²) in [5.41, 5.74) is 3.51. The Balaban J connectivity index is 1.84. The van der Waals surface area contributed by atoms with E-state index in [0.29, 0.717) is 12.1 Å². The zero-order valence-corrected chi connectivity index (χ0v) is 14.1. The Morgan fingerprint density at radius 2 is 1.83 bits per heavy atom. The summed E-state index contributed by atoms with van der Waals surface area (Å²) < 4.78 is 1.74. The van der Waals surface area contributed by atoms with Crippen LogP contribution in [0.2, 0.25) is 0 Å². The molecule has 0 spiro atoms. The van der Waals surface area contributed by atoms with Gasteiger partial charge in [0, 0.05) is 23.2 Å². The van der Waals surface area contributed by atoms with E-state index in [9.17, 15) is 4.79 Å². The predicted molar refractivity (Wildman–Crippen MR) is 99.5 cm³/mol. The fraction of sp³-hybridized carbons (Fsp3) is 0.158. The van der Waals surface area contributed by atoms with Crippen molar-refractivity contribution < 1.29 is 0 Å². The van der Waals surface area contributed by atoms with Gasteiger partial charge in [0.1, 0.15) is 11.0 Å². The second-order valence-electron chi connectivity index (χ2n) is 5.61. The topological polar surface area (TPSA) is 50.7 Å². The van der Waals surface area contributed by atoms with Gasteiger partial charge in [-0.15, -0.1) is 0 Å². The molecule has 2 aromatic carbocycles. The van der Waals surface area contributed by atoms with Crippen LogP contribution in [0.1, 0.15) is 12.5 Å². The van der Waals surface area contributed by atoms with Crippen LogP contribution in [0.4, 0.5) is 0 Å². The Morgan fingerprint density at radius 3 is 2.62 bits per heavy atom. The Hall–Kier alpha value is -2.53. The summed E-state index contributed by atoms with van der Waals surface area (Å²) in [6.07, 6.45) is 0. The van der Waals surface area contributed by atoms with Gasteiger partial charge in [0.2, 0.25) is 0 Å². The summed E-state index contributed by atoms with van der Waals surface area (Å²) in [6.45, 7) is 2.58. The maximum Gasteiger partial charge on any atom is 0.278 e. The lowest BCUT2D eigenvalue weighted by Gasteiger charge is -2.09. The van der Waals surface area contributed by atoms with Gasteiger partial charge < -0.3 is 4.98 Å². The quantitative estimate of drug-likeness (QED) is 0.449. The first-order chi connectivity index (χ1) is 11.8. The summed E-state index contributed by atoms with van der Waals surface area (Å²) in [5.74, 6) is 0.793. The normalized spacial score (nSPS) is 11.4. The van der Waals surface area contributed by atoms with Crippen molar-refractivity contribution in [2.45, 2.75) is 24.4 Å². The highest BCUT2D eigenvalue weighted by atomic mass is 32.2. The third-order valence-electron chi connectivity index (χ3n) is 4.10. The van der Waals surface area contributed by atoms with Crippen LogP contribution < -0.4 is 5.56 Å². The van der Waals surface area contributed by atoms with E-state index in [1.807, 2.05) is 49.4 Å². The number of fused-ring (bicyclic) bond motifs is 3. The second-order valence-corrected chi connectivity index (χ2v) is 6.55. The fourth-order valence-corrected chi connectivity index (χ4v) is 3.90. The number of aromatic nitrogens is 3. The van der Waals surface area contributed by atoms with Gasteiger partial charge in [-0.05, 0) is 18.6 Å². The van der Waals surface area contributed by atoms with E-state index < -0.39 is 0 Å². The number of H-pyrrole nitrogens is 1. The molecule has 120 valence electrons. The molecule has 0 saturated heterocycles. The first-order valence-corrected chi connectivity index (χ1v) is 8.94. The van der Waals surface area contributed by atoms with Crippen molar-refractivity contribution in [1.82, 2.24) is 14.5 Å². The van der Waals surface area contributed by atoms with Crippen LogP contribution in [0.25, 0.3) is 21.9 Å². The molecule has 4 aromatic rings. The molecule has 4 nitrogen and oxygen atoms in total. The highest BCUT2D eigenvalue weighted by Gasteiger charge is 2.14. The number of nitrogens with zero attached hydrogens (tertiary/aromatic N) is 2. The van der Waals surface area contributed by atoms with Crippen molar-refractivity contribution in [2.75, 3.05) is 0 Å². The van der Waals surface area contributed by atoms with Crippen molar-refractivity contribution in [3.05, 3.63) is 70.5 Å². The van der Waals surface area contributed by atoms with Gasteiger partial charge in [-0.3, -0.25) is 9.36 Å². The summed E-state index contributed by atoms with van der Waals surface area (Å²) in [7, 11) is 0. The van der Waals surface area contributed by atoms with Crippen LogP contribution in [0.5, 0.6) is 0 Å². The number of aromatic amines is 1. The van der Waals surface area contributed by atoms with E-state index in [1.165, 1.54) is 5.56 Å². The van der Waals surface area contributed by atoms with Gasteiger partial charge in [0.05, 0.1) is 0 Å². The lowest BCUT2D eigenvalue weighted by molar-refractivity contribution is 0.634. The fourth-order valence-electron chi connectivity index (χ4n) is 2.89. The average Bonchev–Trinajstić information content (AvgIpc) is 3.00. The minimum atomic E-state index is -0.00531. The third-order valence-corrected chi connectivity index (χ3v) is 5.15. The van der Waals surface area contributed by atoms with E-state index >= 15 is 0 Å². The first kappa shape index (κ1) is 15.0. The average molecular weight is 335 g/mol. The molecule has 0 aliphatic heterocycles. The van der Waals surface area contributed by atoms with Crippen molar-refractivity contribution in [2.24, 2.45) is 0 Å². The predicted octanol–water partition coefficient (Wildman–Crippen LogP) is 4.19. The lowest BCUT2D eigenvalue weighted by Crippen LogP contribution is -2.22. The second kappa shape index (κ2) is 6.17. The molecule has 0 aliphatic carbocycles. The van der Waals surface area contributed by atoms with E-state index in [4.69, 9.17) is 4.98 Å². The number of para-hydroxylation sites is 1. The molecule has 1 N–H and O–H groups in total. The van der Waals surface area contributed by atoms with Crippen LogP contribution in [0, 0.1) is 0 Å². The van der Waals surface area contributed by atoms with Gasteiger partial charge in [-0.1, -0.05) is 60.3 Å². The maximum atomic E-state index is 12.8. The molecule has 0 saturated carbocycles. The van der Waals surface area contributed by atoms with Crippen LogP contribution in [0.15, 0.2) is 64.5 Å². The van der Waals surface area contributed by atoms with Gasteiger partial charge in [0.15, 0.2) is 5.16 Å². The molecule has 2 aromatic heterocycles. The van der Waals surface area contributed by atoms with E-state index in [2.05, 4.69) is 17.1 Å². The zero-order valence-electron chi connectivity index (χ0n) is 13.3. The monoisotopic (exact) mass is 335 g/mol. The summed E-state index contributed by atoms with van der Waals surface area (Å²) in [6, 6.07) is 18.1. The highest BCUT2D eigenvalue weighted by Crippen LogP contribution is 2.26. The van der Waals surface area contributed by atoms with Gasteiger partial charge in [0.25, 0.3) is 5.56 Å². The molecule has 0 aliphatic rings. The zero-order chi connectivity index (χ0) is 16.5. The highest BCUT2D eigenvalue weighted by molar-refractivity contribution is 7.98. The van der Waals surface area contributed by atoms with Crippen molar-refractivity contribution >= 4 is 33.7 Å². The van der Waals surface area contributed by atoms with Crippen molar-refractivity contribution in [1.29, 1.82) is 0 Å². The molecule has 0 fully saturated rings. The SMILES string of the molecule is CCn1c(SCc2ccccc2)nc2c([nH]c3ccccc32)c1=O. The maximum absolute atomic E-state index is 12.8. The van der Waals surface area contributed by atoms with Gasteiger partial charge >= 0.3 is 0 Å². The number of hydrogen-bond acceptors (Lipinski definition) is 3. The first-order valence-electron chi connectivity index (χ1n) is 7.96.